The highest BCUT2D eigenvalue weighted by atomic mass is 35.5. The number of anilines is 1. The number of benzene rings is 1. The van der Waals surface area contributed by atoms with Crippen LogP contribution in [-0.2, 0) is 9.31 Å². The Morgan fingerprint density at radius 2 is 1.88 bits per heavy atom. The van der Waals surface area contributed by atoms with Gasteiger partial charge in [0.15, 0.2) is 5.82 Å². The van der Waals surface area contributed by atoms with E-state index in [1.807, 2.05) is 27.7 Å². The molecule has 1 aromatic carbocycles. The van der Waals surface area contributed by atoms with Gasteiger partial charge in [-0.3, -0.25) is 0 Å². The molecule has 1 aromatic heterocycles. The van der Waals surface area contributed by atoms with Crippen LogP contribution in [0.2, 0.25) is 5.02 Å². The molecule has 1 saturated heterocycles. The third-order valence-corrected chi connectivity index (χ3v) is 5.33. The van der Waals surface area contributed by atoms with Gasteiger partial charge in [-0.15, -0.1) is 5.10 Å². The number of nitrogens with two attached hydrogens (primary N) is 1. The molecule has 1 fully saturated rings. The Kier molecular flexibility index (Phi) is 3.64. The summed E-state index contributed by atoms with van der Waals surface area (Å²) in [5.41, 5.74) is 6.40. The number of rotatable bonds is 1. The summed E-state index contributed by atoms with van der Waals surface area (Å²) in [6, 6.07) is 1.64. The van der Waals surface area contributed by atoms with Crippen LogP contribution in [0, 0.1) is 6.92 Å². The fourth-order valence-electron chi connectivity index (χ4n) is 2.78. The monoisotopic (exact) mass is 351 g/mol. The molecule has 1 aliphatic rings. The highest BCUT2D eigenvalue weighted by Gasteiger charge is 2.53. The first-order chi connectivity index (χ1) is 11.0. The van der Waals surface area contributed by atoms with Crippen molar-refractivity contribution in [3.8, 4) is 0 Å². The summed E-state index contributed by atoms with van der Waals surface area (Å²) in [7, 11) is -0.765. The Hall–Kier alpha value is -1.77. The Morgan fingerprint density at radius 1 is 1.33 bits per heavy atom. The normalized spacial score (nSPS) is 19.2. The molecule has 3 N–H and O–H groups in total. The maximum Gasteiger partial charge on any atom is 0.497 e. The smallest absolute Gasteiger partial charge is 0.463 e. The second-order valence-corrected chi connectivity index (χ2v) is 7.36. The molecule has 24 heavy (non-hydrogen) atoms. The van der Waals surface area contributed by atoms with Crippen molar-refractivity contribution >= 4 is 47.0 Å². The zero-order chi connectivity index (χ0) is 18.0. The summed E-state index contributed by atoms with van der Waals surface area (Å²) >= 11 is 6.50. The lowest BCUT2D eigenvalue weighted by Crippen LogP contribution is -2.41. The fourth-order valence-corrected chi connectivity index (χ4v) is 3.01. The third kappa shape index (κ3) is 2.29. The van der Waals surface area contributed by atoms with Crippen molar-refractivity contribution in [3.63, 3.8) is 0 Å². The lowest BCUT2D eigenvalue weighted by Gasteiger charge is -2.32. The van der Waals surface area contributed by atoms with Gasteiger partial charge in [-0.25, -0.2) is 4.79 Å². The number of nitrogen functional groups attached to an aromatic ring is 1. The molecule has 0 saturated carbocycles. The minimum Gasteiger partial charge on any atom is -0.463 e. The van der Waals surface area contributed by atoms with E-state index in [-0.39, 0.29) is 5.82 Å². The van der Waals surface area contributed by atoms with Crippen LogP contribution in [-0.4, -0.2) is 39.3 Å². The van der Waals surface area contributed by atoms with Crippen molar-refractivity contribution < 1.29 is 19.2 Å². The number of halogens is 1. The van der Waals surface area contributed by atoms with Crippen LogP contribution < -0.4 is 11.2 Å². The van der Waals surface area contributed by atoms with E-state index in [1.54, 1.807) is 13.0 Å². The first kappa shape index (κ1) is 17.1. The number of hydrogen-bond donors (Lipinski definition) is 2. The van der Waals surface area contributed by atoms with E-state index in [4.69, 9.17) is 26.6 Å². The van der Waals surface area contributed by atoms with Crippen LogP contribution >= 0.6 is 11.6 Å². The Morgan fingerprint density at radius 3 is 2.38 bits per heavy atom. The molecule has 0 amide bonds. The van der Waals surface area contributed by atoms with Gasteiger partial charge < -0.3 is 20.1 Å². The van der Waals surface area contributed by atoms with Crippen molar-refractivity contribution in [2.24, 2.45) is 0 Å². The fraction of sp³-hybridized carbons (Fsp3) is 0.467. The highest BCUT2D eigenvalue weighted by Crippen LogP contribution is 2.38. The SMILES string of the molecule is Cc1cc2c(c(N)nn2C(=O)O)c(B2OC(C)(C)C(C)(C)O2)c1Cl. The molecule has 0 unspecified atom stereocenters. The second kappa shape index (κ2) is 5.11. The van der Waals surface area contributed by atoms with E-state index in [0.717, 1.165) is 4.68 Å². The number of carbonyl (C=O) groups is 1. The van der Waals surface area contributed by atoms with Crippen LogP contribution in [0.25, 0.3) is 10.9 Å². The average Bonchev–Trinajstić information content (AvgIpc) is 2.86. The van der Waals surface area contributed by atoms with E-state index in [1.165, 1.54) is 0 Å². The molecule has 2 aromatic rings. The maximum atomic E-state index is 11.4. The largest absolute Gasteiger partial charge is 0.497 e. The van der Waals surface area contributed by atoms with Gasteiger partial charge in [0.05, 0.1) is 16.7 Å². The molecule has 3 rings (SSSR count). The van der Waals surface area contributed by atoms with E-state index < -0.39 is 24.4 Å². The minimum absolute atomic E-state index is 0.0685. The first-order valence-electron chi connectivity index (χ1n) is 7.52. The van der Waals surface area contributed by atoms with Gasteiger partial charge in [-0.05, 0) is 46.2 Å². The van der Waals surface area contributed by atoms with Crippen molar-refractivity contribution in [2.45, 2.75) is 45.8 Å². The van der Waals surface area contributed by atoms with E-state index in [9.17, 15) is 9.90 Å². The van der Waals surface area contributed by atoms with E-state index in [2.05, 4.69) is 5.10 Å². The standard InChI is InChI=1S/C15H19BClN3O4/c1-7-6-8-9(12(18)19-20(8)13(21)22)10(11(7)17)16-23-14(2,3)15(4,5)24-16/h6H,1-5H3,(H2,18,19)(H,21,22). The van der Waals surface area contributed by atoms with Crippen molar-refractivity contribution in [1.82, 2.24) is 9.78 Å². The van der Waals surface area contributed by atoms with Gasteiger partial charge in [-0.2, -0.15) is 4.68 Å². The lowest BCUT2D eigenvalue weighted by molar-refractivity contribution is 0.00578. The van der Waals surface area contributed by atoms with Crippen LogP contribution in [0.5, 0.6) is 0 Å². The van der Waals surface area contributed by atoms with Gasteiger partial charge in [0.25, 0.3) is 0 Å². The van der Waals surface area contributed by atoms with Gasteiger partial charge in [0.2, 0.25) is 0 Å². The van der Waals surface area contributed by atoms with E-state index >= 15 is 0 Å². The molecule has 7 nitrogen and oxygen atoms in total. The molecular weight excluding hydrogens is 332 g/mol. The summed E-state index contributed by atoms with van der Waals surface area (Å²) in [5.74, 6) is 0.0685. The molecule has 9 heteroatoms. The Bertz CT molecular complexity index is 846. The number of hydrogen-bond acceptors (Lipinski definition) is 5. The molecule has 0 atom stereocenters. The second-order valence-electron chi connectivity index (χ2n) is 6.98. The summed E-state index contributed by atoms with van der Waals surface area (Å²) < 4.78 is 13.0. The predicted octanol–water partition coefficient (Wildman–Crippen LogP) is 2.41. The molecule has 2 heterocycles. The van der Waals surface area contributed by atoms with Crippen LogP contribution in [0.15, 0.2) is 6.07 Å². The van der Waals surface area contributed by atoms with Crippen LogP contribution in [0.3, 0.4) is 0 Å². The third-order valence-electron chi connectivity index (χ3n) is 4.82. The Balaban J connectivity index is 2.29. The molecule has 0 radical (unpaired) electrons. The summed E-state index contributed by atoms with van der Waals surface area (Å²) in [6.45, 7) is 9.50. The van der Waals surface area contributed by atoms with Crippen LogP contribution in [0.4, 0.5) is 10.6 Å². The van der Waals surface area contributed by atoms with E-state index in [0.29, 0.717) is 27.0 Å². The summed E-state index contributed by atoms with van der Waals surface area (Å²) in [5, 5.41) is 14.1. The minimum atomic E-state index is -1.22. The lowest BCUT2D eigenvalue weighted by atomic mass is 9.76. The highest BCUT2D eigenvalue weighted by molar-refractivity contribution is 6.69. The molecule has 0 bridgehead atoms. The molecule has 128 valence electrons. The zero-order valence-electron chi connectivity index (χ0n) is 14.2. The summed E-state index contributed by atoms with van der Waals surface area (Å²) in [6.07, 6.45) is -1.22. The van der Waals surface area contributed by atoms with Gasteiger partial charge in [-0.1, -0.05) is 11.6 Å². The number of aryl methyl sites for hydroxylation is 1. The van der Waals surface area contributed by atoms with Gasteiger partial charge in [0, 0.05) is 15.9 Å². The Labute approximate surface area is 144 Å². The zero-order valence-corrected chi connectivity index (χ0v) is 14.9. The summed E-state index contributed by atoms with van der Waals surface area (Å²) in [4.78, 5) is 11.4. The first-order valence-corrected chi connectivity index (χ1v) is 7.90. The molecule has 0 spiro atoms. The van der Waals surface area contributed by atoms with Crippen molar-refractivity contribution in [1.29, 1.82) is 0 Å². The van der Waals surface area contributed by atoms with Crippen molar-refractivity contribution in [3.05, 3.63) is 16.7 Å². The maximum absolute atomic E-state index is 11.4. The quantitative estimate of drug-likeness (QED) is 0.765. The van der Waals surface area contributed by atoms with Crippen LogP contribution in [0.1, 0.15) is 33.3 Å². The predicted molar refractivity (Wildman–Crippen MR) is 93.0 cm³/mol. The average molecular weight is 352 g/mol. The number of carboxylic acid groups (broad SMARTS) is 1. The molecule has 1 aliphatic heterocycles. The number of nitrogens with zero attached hydrogens (tertiary/aromatic N) is 2. The molecular formula is C15H19BClN3O4. The van der Waals surface area contributed by atoms with Gasteiger partial charge in [0.1, 0.15) is 0 Å². The number of aromatic nitrogens is 2. The molecule has 0 aliphatic carbocycles. The van der Waals surface area contributed by atoms with Crippen molar-refractivity contribution in [2.75, 3.05) is 5.73 Å². The topological polar surface area (TPSA) is 99.6 Å². The van der Waals surface area contributed by atoms with Gasteiger partial charge >= 0.3 is 13.2 Å². The number of fused-ring (bicyclic) bond motifs is 1.